The summed E-state index contributed by atoms with van der Waals surface area (Å²) < 4.78 is 0. The van der Waals surface area contributed by atoms with Crippen molar-refractivity contribution in [2.75, 3.05) is 0 Å². The van der Waals surface area contributed by atoms with Crippen molar-refractivity contribution in [2.45, 2.75) is 12.8 Å². The summed E-state index contributed by atoms with van der Waals surface area (Å²) in [5, 5.41) is 15.1. The number of fused-ring (bicyclic) bond motifs is 2. The predicted molar refractivity (Wildman–Crippen MR) is 100 cm³/mol. The number of hydrogen-bond acceptors (Lipinski definition) is 3. The minimum Gasteiger partial charge on any atom is -0.384 e. The van der Waals surface area contributed by atoms with Crippen LogP contribution in [0.15, 0.2) is 36.4 Å². The second-order valence-electron chi connectivity index (χ2n) is 5.40. The van der Waals surface area contributed by atoms with Gasteiger partial charge in [0, 0.05) is 22.3 Å². The van der Waals surface area contributed by atoms with E-state index in [0.29, 0.717) is 22.3 Å². The molecule has 0 saturated carbocycles. The molecule has 0 unspecified atom stereocenters. The van der Waals surface area contributed by atoms with Gasteiger partial charge in [-0.2, -0.15) is 0 Å². The van der Waals surface area contributed by atoms with Crippen molar-refractivity contribution in [2.24, 2.45) is 11.5 Å². The van der Waals surface area contributed by atoms with Crippen molar-refractivity contribution < 1.29 is 4.79 Å². The van der Waals surface area contributed by atoms with E-state index >= 15 is 0 Å². The van der Waals surface area contributed by atoms with Crippen LogP contribution in [0.4, 0.5) is 0 Å². The Balaban J connectivity index is 0.00000144. The van der Waals surface area contributed by atoms with Gasteiger partial charge in [-0.3, -0.25) is 15.6 Å². The van der Waals surface area contributed by atoms with Gasteiger partial charge in [-0.15, -0.1) is 24.8 Å². The molecule has 126 valence electrons. The van der Waals surface area contributed by atoms with Gasteiger partial charge in [0.05, 0.1) is 0 Å². The van der Waals surface area contributed by atoms with Crippen LogP contribution >= 0.6 is 24.8 Å². The normalized spacial score (nSPS) is 11.9. The first-order valence-corrected chi connectivity index (χ1v) is 6.96. The van der Waals surface area contributed by atoms with Crippen molar-refractivity contribution >= 4 is 42.3 Å². The minimum atomic E-state index is -0.103. The highest BCUT2D eigenvalue weighted by atomic mass is 35.5. The minimum absolute atomic E-state index is 0. The number of carbonyl (C=O) groups is 1. The van der Waals surface area contributed by atoms with Crippen LogP contribution in [0.3, 0.4) is 0 Å². The molecule has 1 aliphatic carbocycles. The molecule has 0 spiro atoms. The Bertz CT molecular complexity index is 766. The van der Waals surface area contributed by atoms with Gasteiger partial charge < -0.3 is 11.5 Å². The summed E-state index contributed by atoms with van der Waals surface area (Å²) in [5.41, 5.74) is 15.2. The predicted octanol–water partition coefficient (Wildman–Crippen LogP) is 2.43. The van der Waals surface area contributed by atoms with Crippen LogP contribution in [0.25, 0.3) is 0 Å². The van der Waals surface area contributed by atoms with Crippen LogP contribution in [0.1, 0.15) is 38.2 Å². The zero-order valence-corrected chi connectivity index (χ0v) is 14.4. The molecule has 5 nitrogen and oxygen atoms in total. The lowest BCUT2D eigenvalue weighted by atomic mass is 9.95. The van der Waals surface area contributed by atoms with Crippen LogP contribution in [0.5, 0.6) is 0 Å². The summed E-state index contributed by atoms with van der Waals surface area (Å²) in [5.74, 6) is -0.219. The average Bonchev–Trinajstić information content (AvgIpc) is 2.64. The van der Waals surface area contributed by atoms with Gasteiger partial charge in [0.25, 0.3) is 0 Å². The van der Waals surface area contributed by atoms with E-state index in [0.717, 1.165) is 24.0 Å². The van der Waals surface area contributed by atoms with Crippen molar-refractivity contribution in [1.29, 1.82) is 10.8 Å². The smallest absolute Gasteiger partial charge is 0.193 e. The third kappa shape index (κ3) is 3.42. The summed E-state index contributed by atoms with van der Waals surface area (Å²) in [6.07, 6.45) is 1.51. The SMILES string of the molecule is Cl.Cl.N=C(N)c1ccc2c(c1)C(=O)c1cc(C(=N)N)ccc1CC2. The maximum atomic E-state index is 12.9. The highest BCUT2D eigenvalue weighted by Crippen LogP contribution is 2.26. The highest BCUT2D eigenvalue weighted by molar-refractivity contribution is 6.13. The van der Waals surface area contributed by atoms with E-state index < -0.39 is 0 Å². The fourth-order valence-corrected chi connectivity index (χ4v) is 2.76. The molecule has 24 heavy (non-hydrogen) atoms. The molecule has 0 aliphatic heterocycles. The second-order valence-corrected chi connectivity index (χ2v) is 5.40. The molecule has 6 N–H and O–H groups in total. The zero-order chi connectivity index (χ0) is 15.9. The maximum absolute atomic E-state index is 12.9. The molecule has 0 radical (unpaired) electrons. The Morgan fingerprint density at radius 3 is 1.50 bits per heavy atom. The number of benzene rings is 2. The average molecular weight is 365 g/mol. The number of nitrogen functional groups attached to an aromatic ring is 2. The molecule has 0 aromatic heterocycles. The van der Waals surface area contributed by atoms with Gasteiger partial charge in [-0.05, 0) is 36.1 Å². The quantitative estimate of drug-likeness (QED) is 0.484. The number of ketones is 1. The number of nitrogens with one attached hydrogen (secondary N) is 2. The molecule has 0 heterocycles. The van der Waals surface area contributed by atoms with E-state index in [1.54, 1.807) is 24.3 Å². The third-order valence-electron chi connectivity index (χ3n) is 3.99. The standard InChI is InChI=1S/C17H16N4O.2ClH/c18-16(19)11-5-3-9-1-2-10-4-6-12(17(20)21)8-14(10)15(22)13(9)7-11;;/h3-8H,1-2H2,(H3,18,19)(H3,20,21);2*1H. The summed E-state index contributed by atoms with van der Waals surface area (Å²) in [6, 6.07) is 10.6. The van der Waals surface area contributed by atoms with Crippen molar-refractivity contribution in [1.82, 2.24) is 0 Å². The number of hydrogen-bond donors (Lipinski definition) is 4. The van der Waals surface area contributed by atoms with E-state index in [9.17, 15) is 4.79 Å². The van der Waals surface area contributed by atoms with Gasteiger partial charge in [-0.1, -0.05) is 24.3 Å². The van der Waals surface area contributed by atoms with E-state index in [-0.39, 0.29) is 42.3 Å². The number of aryl methyl sites for hydroxylation is 2. The highest BCUT2D eigenvalue weighted by Gasteiger charge is 2.22. The zero-order valence-electron chi connectivity index (χ0n) is 12.8. The van der Waals surface area contributed by atoms with E-state index in [1.807, 2.05) is 12.1 Å². The molecule has 0 atom stereocenters. The molecule has 2 aromatic rings. The van der Waals surface area contributed by atoms with Crippen LogP contribution in [0, 0.1) is 10.8 Å². The van der Waals surface area contributed by atoms with E-state index in [4.69, 9.17) is 22.3 Å². The first-order valence-electron chi connectivity index (χ1n) is 6.96. The molecule has 0 amide bonds. The lowest BCUT2D eigenvalue weighted by molar-refractivity contribution is 0.103. The first kappa shape index (κ1) is 19.7. The van der Waals surface area contributed by atoms with E-state index in [1.165, 1.54) is 0 Å². The molecule has 0 saturated heterocycles. The lowest BCUT2D eigenvalue weighted by Crippen LogP contribution is -2.14. The Morgan fingerprint density at radius 1 is 0.792 bits per heavy atom. The number of rotatable bonds is 2. The van der Waals surface area contributed by atoms with Gasteiger partial charge in [0.2, 0.25) is 0 Å². The largest absolute Gasteiger partial charge is 0.384 e. The molecule has 0 fully saturated rings. The monoisotopic (exact) mass is 364 g/mol. The Kier molecular flexibility index (Phi) is 6.12. The molecule has 0 bridgehead atoms. The van der Waals surface area contributed by atoms with Crippen LogP contribution in [-0.4, -0.2) is 17.5 Å². The Morgan fingerprint density at radius 2 is 1.17 bits per heavy atom. The maximum Gasteiger partial charge on any atom is 0.193 e. The summed E-state index contributed by atoms with van der Waals surface area (Å²) in [7, 11) is 0. The molecule has 2 aromatic carbocycles. The van der Waals surface area contributed by atoms with Gasteiger partial charge in [0.1, 0.15) is 11.7 Å². The van der Waals surface area contributed by atoms with Crippen molar-refractivity contribution in [3.8, 4) is 0 Å². The van der Waals surface area contributed by atoms with Gasteiger partial charge in [-0.25, -0.2) is 0 Å². The molecule has 1 aliphatic rings. The fraction of sp³-hybridized carbons (Fsp3) is 0.118. The summed E-state index contributed by atoms with van der Waals surface area (Å²) in [6.45, 7) is 0. The van der Waals surface area contributed by atoms with Crippen molar-refractivity contribution in [3.05, 3.63) is 69.8 Å². The second kappa shape index (κ2) is 7.47. The fourth-order valence-electron chi connectivity index (χ4n) is 2.76. The Labute approximate surface area is 152 Å². The third-order valence-corrected chi connectivity index (χ3v) is 3.99. The van der Waals surface area contributed by atoms with Crippen LogP contribution in [-0.2, 0) is 12.8 Å². The van der Waals surface area contributed by atoms with Gasteiger partial charge in [0.15, 0.2) is 5.78 Å². The Hall–Kier alpha value is -2.37. The number of nitrogens with two attached hydrogens (primary N) is 2. The van der Waals surface area contributed by atoms with Crippen LogP contribution in [0.2, 0.25) is 0 Å². The number of carbonyl (C=O) groups excluding carboxylic acids is 1. The topological polar surface area (TPSA) is 117 Å². The number of halogens is 2. The molecular weight excluding hydrogens is 347 g/mol. The first-order chi connectivity index (χ1) is 10.5. The summed E-state index contributed by atoms with van der Waals surface area (Å²) in [4.78, 5) is 12.9. The molecule has 3 rings (SSSR count). The lowest BCUT2D eigenvalue weighted by Gasteiger charge is -2.08. The van der Waals surface area contributed by atoms with Crippen molar-refractivity contribution in [3.63, 3.8) is 0 Å². The summed E-state index contributed by atoms with van der Waals surface area (Å²) >= 11 is 0. The molecular formula is C17H18Cl2N4O. The van der Waals surface area contributed by atoms with Crippen LogP contribution < -0.4 is 11.5 Å². The number of amidine groups is 2. The van der Waals surface area contributed by atoms with Gasteiger partial charge >= 0.3 is 0 Å². The van der Waals surface area contributed by atoms with E-state index in [2.05, 4.69) is 0 Å². The molecule has 7 heteroatoms.